The molecule has 0 fully saturated rings. The molecule has 0 saturated carbocycles. The van der Waals surface area contributed by atoms with Gasteiger partial charge in [-0.25, -0.2) is 9.59 Å². The number of carbonyl (C=O) groups is 3. The van der Waals surface area contributed by atoms with E-state index in [9.17, 15) is 19.5 Å². The Hall–Kier alpha value is -4.13. The minimum atomic E-state index is -1.12. The molecule has 3 aromatic rings. The maximum absolute atomic E-state index is 13.3. The minimum Gasteiger partial charge on any atom is -0.480 e. The third kappa shape index (κ3) is 9.28. The standard InChI is InChI=1S/C32H38N2O5/c1-23(2)21-34(22-28(31(37)39-3)19-14-24-10-6-4-7-11-24)32(38)33-29(30(35)36)20-25-15-17-27(18-16-25)26-12-8-5-9-13-26/h4-13,15-18,23,28-29H,14,19-22H2,1-3H3,(H,33,38)(H,35,36)/t28-,29-/m0/s1. The van der Waals surface area contributed by atoms with Gasteiger partial charge in [-0.2, -0.15) is 0 Å². The molecule has 0 aliphatic carbocycles. The van der Waals surface area contributed by atoms with Gasteiger partial charge in [0.15, 0.2) is 0 Å². The van der Waals surface area contributed by atoms with Crippen molar-refractivity contribution in [2.45, 2.75) is 39.2 Å². The van der Waals surface area contributed by atoms with Gasteiger partial charge in [-0.1, -0.05) is 98.8 Å². The molecule has 7 heteroatoms. The van der Waals surface area contributed by atoms with Gasteiger partial charge in [0.2, 0.25) is 0 Å². The number of carboxylic acid groups (broad SMARTS) is 1. The van der Waals surface area contributed by atoms with Crippen LogP contribution in [0.3, 0.4) is 0 Å². The third-order valence-electron chi connectivity index (χ3n) is 6.57. The van der Waals surface area contributed by atoms with E-state index < -0.39 is 24.0 Å². The minimum absolute atomic E-state index is 0.122. The highest BCUT2D eigenvalue weighted by atomic mass is 16.5. The highest BCUT2D eigenvalue weighted by Crippen LogP contribution is 2.20. The maximum atomic E-state index is 13.3. The van der Waals surface area contributed by atoms with Crippen molar-refractivity contribution < 1.29 is 24.2 Å². The van der Waals surface area contributed by atoms with Gasteiger partial charge in [0.25, 0.3) is 0 Å². The summed E-state index contributed by atoms with van der Waals surface area (Å²) in [7, 11) is 1.34. The van der Waals surface area contributed by atoms with Gasteiger partial charge >= 0.3 is 18.0 Å². The molecule has 39 heavy (non-hydrogen) atoms. The van der Waals surface area contributed by atoms with E-state index in [1.165, 1.54) is 12.0 Å². The normalized spacial score (nSPS) is 12.4. The van der Waals surface area contributed by atoms with Gasteiger partial charge in [0, 0.05) is 19.5 Å². The molecule has 0 aliphatic rings. The summed E-state index contributed by atoms with van der Waals surface area (Å²) in [6.45, 7) is 4.46. The largest absolute Gasteiger partial charge is 0.480 e. The SMILES string of the molecule is COC(=O)[C@@H](CCc1ccccc1)CN(CC(C)C)C(=O)N[C@@H](Cc1ccc(-c2ccccc2)cc1)C(=O)O. The Labute approximate surface area is 230 Å². The van der Waals surface area contributed by atoms with Gasteiger partial charge in [0.05, 0.1) is 13.0 Å². The van der Waals surface area contributed by atoms with Gasteiger partial charge in [-0.3, -0.25) is 4.79 Å². The summed E-state index contributed by atoms with van der Waals surface area (Å²) in [5.41, 5.74) is 4.00. The zero-order valence-electron chi connectivity index (χ0n) is 22.9. The molecule has 2 amide bonds. The van der Waals surface area contributed by atoms with Crippen molar-refractivity contribution in [3.63, 3.8) is 0 Å². The molecule has 0 saturated heterocycles. The van der Waals surface area contributed by atoms with Crippen molar-refractivity contribution in [2.75, 3.05) is 20.2 Å². The third-order valence-corrected chi connectivity index (χ3v) is 6.57. The predicted molar refractivity (Wildman–Crippen MR) is 152 cm³/mol. The number of rotatable bonds is 13. The molecule has 0 unspecified atom stereocenters. The maximum Gasteiger partial charge on any atom is 0.326 e. The molecule has 2 atom stereocenters. The first-order valence-corrected chi connectivity index (χ1v) is 13.3. The summed E-state index contributed by atoms with van der Waals surface area (Å²) in [6, 6.07) is 25.8. The van der Waals surface area contributed by atoms with Crippen LogP contribution in [0, 0.1) is 11.8 Å². The van der Waals surface area contributed by atoms with E-state index in [-0.39, 0.29) is 24.9 Å². The zero-order valence-corrected chi connectivity index (χ0v) is 22.9. The van der Waals surface area contributed by atoms with E-state index in [4.69, 9.17) is 4.74 Å². The number of carbonyl (C=O) groups excluding carboxylic acids is 2. The number of hydrogen-bond donors (Lipinski definition) is 2. The Morgan fingerprint density at radius 2 is 1.41 bits per heavy atom. The first-order chi connectivity index (χ1) is 18.8. The first-order valence-electron chi connectivity index (χ1n) is 13.3. The highest BCUT2D eigenvalue weighted by molar-refractivity contribution is 5.83. The number of nitrogens with one attached hydrogen (secondary N) is 1. The number of hydrogen-bond acceptors (Lipinski definition) is 4. The van der Waals surface area contributed by atoms with Crippen LogP contribution in [0.1, 0.15) is 31.4 Å². The summed E-state index contributed by atoms with van der Waals surface area (Å²) in [6.07, 6.45) is 1.31. The van der Waals surface area contributed by atoms with Gasteiger partial charge in [-0.15, -0.1) is 0 Å². The fourth-order valence-electron chi connectivity index (χ4n) is 4.52. The lowest BCUT2D eigenvalue weighted by atomic mass is 9.98. The molecule has 7 nitrogen and oxygen atoms in total. The summed E-state index contributed by atoms with van der Waals surface area (Å²) < 4.78 is 5.03. The number of ether oxygens (including phenoxy) is 1. The molecular weight excluding hydrogens is 492 g/mol. The topological polar surface area (TPSA) is 95.9 Å². The van der Waals surface area contributed by atoms with Gasteiger partial charge in [0.1, 0.15) is 6.04 Å². The molecule has 0 heterocycles. The van der Waals surface area contributed by atoms with E-state index in [1.807, 2.05) is 98.8 Å². The lowest BCUT2D eigenvalue weighted by Gasteiger charge is -2.29. The number of amides is 2. The van der Waals surface area contributed by atoms with Crippen molar-refractivity contribution in [3.8, 4) is 11.1 Å². The van der Waals surface area contributed by atoms with Crippen molar-refractivity contribution in [2.24, 2.45) is 11.8 Å². The Kier molecular flexibility index (Phi) is 11.1. The fourth-order valence-corrected chi connectivity index (χ4v) is 4.52. The Morgan fingerprint density at radius 3 is 1.97 bits per heavy atom. The lowest BCUT2D eigenvalue weighted by Crippen LogP contribution is -2.51. The highest BCUT2D eigenvalue weighted by Gasteiger charge is 2.28. The molecule has 0 spiro atoms. The predicted octanol–water partition coefficient (Wildman–Crippen LogP) is 5.44. The average molecular weight is 531 g/mol. The smallest absolute Gasteiger partial charge is 0.326 e. The molecule has 0 radical (unpaired) electrons. The molecule has 0 aliphatic heterocycles. The zero-order chi connectivity index (χ0) is 28.2. The monoisotopic (exact) mass is 530 g/mol. The number of aliphatic carboxylic acids is 1. The van der Waals surface area contributed by atoms with E-state index in [0.29, 0.717) is 19.4 Å². The van der Waals surface area contributed by atoms with Crippen LogP contribution in [0.5, 0.6) is 0 Å². The van der Waals surface area contributed by atoms with Crippen LogP contribution < -0.4 is 5.32 Å². The van der Waals surface area contributed by atoms with Crippen molar-refractivity contribution in [1.82, 2.24) is 10.2 Å². The molecule has 2 N–H and O–H groups in total. The van der Waals surface area contributed by atoms with E-state index in [1.54, 1.807) is 0 Å². The first kappa shape index (κ1) is 29.4. The molecule has 3 rings (SSSR count). The van der Waals surface area contributed by atoms with Crippen LogP contribution in [0.4, 0.5) is 4.79 Å². The molecular formula is C32H38N2O5. The average Bonchev–Trinajstić information content (AvgIpc) is 2.95. The molecule has 206 valence electrons. The lowest BCUT2D eigenvalue weighted by molar-refractivity contribution is -0.146. The summed E-state index contributed by atoms with van der Waals surface area (Å²) in [5, 5.41) is 12.6. The van der Waals surface area contributed by atoms with Crippen LogP contribution in [0.25, 0.3) is 11.1 Å². The molecule has 0 bridgehead atoms. The summed E-state index contributed by atoms with van der Waals surface area (Å²) in [4.78, 5) is 39.6. The van der Waals surface area contributed by atoms with E-state index >= 15 is 0 Å². The van der Waals surface area contributed by atoms with Gasteiger partial charge < -0.3 is 20.1 Å². The summed E-state index contributed by atoms with van der Waals surface area (Å²) in [5.74, 6) is -1.92. The van der Waals surface area contributed by atoms with E-state index in [0.717, 1.165) is 22.3 Å². The van der Waals surface area contributed by atoms with Crippen LogP contribution in [-0.2, 0) is 27.2 Å². The van der Waals surface area contributed by atoms with Crippen LogP contribution >= 0.6 is 0 Å². The van der Waals surface area contributed by atoms with Crippen LogP contribution in [0.2, 0.25) is 0 Å². The second-order valence-corrected chi connectivity index (χ2v) is 10.2. The van der Waals surface area contributed by atoms with Crippen molar-refractivity contribution >= 4 is 18.0 Å². The van der Waals surface area contributed by atoms with Crippen molar-refractivity contribution in [1.29, 1.82) is 0 Å². The van der Waals surface area contributed by atoms with Gasteiger partial charge in [-0.05, 0) is 41.0 Å². The number of esters is 1. The number of nitrogens with zero attached hydrogens (tertiary/aromatic N) is 1. The Balaban J connectivity index is 1.69. The second kappa shape index (κ2) is 14.7. The quantitative estimate of drug-likeness (QED) is 0.287. The Bertz CT molecular complexity index is 1200. The number of aryl methyl sites for hydroxylation is 1. The summed E-state index contributed by atoms with van der Waals surface area (Å²) >= 11 is 0. The van der Waals surface area contributed by atoms with Crippen LogP contribution in [0.15, 0.2) is 84.9 Å². The number of benzene rings is 3. The number of methoxy groups -OCH3 is 1. The fraction of sp³-hybridized carbons (Fsp3) is 0.344. The number of urea groups is 1. The second-order valence-electron chi connectivity index (χ2n) is 10.2. The molecule has 3 aromatic carbocycles. The molecule has 0 aromatic heterocycles. The number of carboxylic acids is 1. The van der Waals surface area contributed by atoms with Crippen LogP contribution in [-0.4, -0.2) is 54.2 Å². The Morgan fingerprint density at radius 1 is 0.821 bits per heavy atom. The van der Waals surface area contributed by atoms with Crippen molar-refractivity contribution in [3.05, 3.63) is 96.1 Å². The van der Waals surface area contributed by atoms with E-state index in [2.05, 4.69) is 5.32 Å².